The summed E-state index contributed by atoms with van der Waals surface area (Å²) in [6.45, 7) is 1.14. The Kier molecular flexibility index (Phi) is 5.91. The van der Waals surface area contributed by atoms with E-state index in [1.165, 1.54) is 4.90 Å². The molecule has 1 heterocycles. The van der Waals surface area contributed by atoms with E-state index >= 15 is 0 Å². The zero-order valence-corrected chi connectivity index (χ0v) is 17.1. The first-order chi connectivity index (χ1) is 15.1. The van der Waals surface area contributed by atoms with E-state index in [1.807, 2.05) is 24.3 Å². The number of benzene rings is 3. The lowest BCUT2D eigenvalue weighted by Crippen LogP contribution is -2.29. The van der Waals surface area contributed by atoms with Gasteiger partial charge in [-0.1, -0.05) is 48.5 Å². The van der Waals surface area contributed by atoms with Crippen LogP contribution in [0.25, 0.3) is 0 Å². The van der Waals surface area contributed by atoms with E-state index in [2.05, 4.69) is 5.32 Å². The van der Waals surface area contributed by atoms with E-state index in [-0.39, 0.29) is 24.3 Å². The second kappa shape index (κ2) is 8.93. The van der Waals surface area contributed by atoms with Gasteiger partial charge in [0.15, 0.2) is 0 Å². The standard InChI is InChI=1S/C25H22N2O4/c1-31-16-19-8-6-17(7-9-19)14-26-23(28)20-12-10-18(11-13-20)15-27-24(29)21-4-2-3-5-22(21)25(27)30/h2-13H,14-16H2,1H3,(H,26,28). The van der Waals surface area contributed by atoms with Gasteiger partial charge in [-0.15, -0.1) is 0 Å². The van der Waals surface area contributed by atoms with Crippen LogP contribution >= 0.6 is 0 Å². The molecule has 1 N–H and O–H groups in total. The molecule has 1 aliphatic rings. The number of nitrogens with one attached hydrogen (secondary N) is 1. The van der Waals surface area contributed by atoms with Crippen molar-refractivity contribution in [2.45, 2.75) is 19.7 Å². The highest BCUT2D eigenvalue weighted by atomic mass is 16.5. The first kappa shape index (κ1) is 20.5. The number of carbonyl (C=O) groups excluding carboxylic acids is 3. The van der Waals surface area contributed by atoms with Crippen molar-refractivity contribution in [2.75, 3.05) is 7.11 Å². The summed E-state index contributed by atoms with van der Waals surface area (Å²) in [5.41, 5.74) is 4.22. The molecular weight excluding hydrogens is 392 g/mol. The highest BCUT2D eigenvalue weighted by molar-refractivity contribution is 6.21. The maximum Gasteiger partial charge on any atom is 0.261 e. The van der Waals surface area contributed by atoms with Gasteiger partial charge in [0.2, 0.25) is 0 Å². The van der Waals surface area contributed by atoms with Crippen molar-refractivity contribution < 1.29 is 19.1 Å². The maximum absolute atomic E-state index is 12.5. The molecule has 0 aliphatic carbocycles. The van der Waals surface area contributed by atoms with Crippen LogP contribution in [-0.2, 0) is 24.4 Å². The largest absolute Gasteiger partial charge is 0.380 e. The third kappa shape index (κ3) is 4.39. The lowest BCUT2D eigenvalue weighted by atomic mass is 10.1. The molecule has 0 atom stereocenters. The average molecular weight is 414 g/mol. The van der Waals surface area contributed by atoms with Crippen LogP contribution < -0.4 is 5.32 Å². The van der Waals surface area contributed by atoms with Crippen LogP contribution in [0.4, 0.5) is 0 Å². The lowest BCUT2D eigenvalue weighted by Gasteiger charge is -2.14. The second-order valence-corrected chi connectivity index (χ2v) is 7.37. The Labute approximate surface area is 180 Å². The minimum absolute atomic E-state index is 0.169. The van der Waals surface area contributed by atoms with Crippen molar-refractivity contribution in [3.8, 4) is 0 Å². The van der Waals surface area contributed by atoms with Gasteiger partial charge in [-0.25, -0.2) is 0 Å². The van der Waals surface area contributed by atoms with Crippen LogP contribution in [0, 0.1) is 0 Å². The number of imide groups is 1. The van der Waals surface area contributed by atoms with Crippen LogP contribution in [0.5, 0.6) is 0 Å². The summed E-state index contributed by atoms with van der Waals surface area (Å²) in [7, 11) is 1.65. The number of hydrogen-bond donors (Lipinski definition) is 1. The molecular formula is C25H22N2O4. The zero-order valence-electron chi connectivity index (χ0n) is 17.1. The number of ether oxygens (including phenoxy) is 1. The van der Waals surface area contributed by atoms with Crippen molar-refractivity contribution in [3.63, 3.8) is 0 Å². The molecule has 0 fully saturated rings. The molecule has 1 aliphatic heterocycles. The third-order valence-corrected chi connectivity index (χ3v) is 5.22. The van der Waals surface area contributed by atoms with Crippen LogP contribution in [0.3, 0.4) is 0 Å². The van der Waals surface area contributed by atoms with Gasteiger partial charge in [-0.05, 0) is 41.0 Å². The monoisotopic (exact) mass is 414 g/mol. The Balaban J connectivity index is 1.35. The summed E-state index contributed by atoms with van der Waals surface area (Å²) in [5, 5.41) is 2.90. The first-order valence-corrected chi connectivity index (χ1v) is 9.96. The number of hydrogen-bond acceptors (Lipinski definition) is 4. The molecule has 6 nitrogen and oxygen atoms in total. The van der Waals surface area contributed by atoms with E-state index < -0.39 is 0 Å². The molecule has 0 aromatic heterocycles. The van der Waals surface area contributed by atoms with Gasteiger partial charge >= 0.3 is 0 Å². The molecule has 0 unspecified atom stereocenters. The summed E-state index contributed by atoms with van der Waals surface area (Å²) in [6, 6.07) is 21.6. The molecule has 31 heavy (non-hydrogen) atoms. The average Bonchev–Trinajstić information content (AvgIpc) is 3.04. The molecule has 156 valence electrons. The fourth-order valence-corrected chi connectivity index (χ4v) is 3.53. The molecule has 6 heteroatoms. The Morgan fingerprint density at radius 1 is 0.806 bits per heavy atom. The molecule has 0 bridgehead atoms. The molecule has 4 rings (SSSR count). The summed E-state index contributed by atoms with van der Waals surface area (Å²) >= 11 is 0. The zero-order chi connectivity index (χ0) is 21.8. The van der Waals surface area contributed by atoms with Gasteiger partial charge in [0.25, 0.3) is 17.7 Å². The van der Waals surface area contributed by atoms with Gasteiger partial charge < -0.3 is 10.1 Å². The number of amides is 3. The fraction of sp³-hybridized carbons (Fsp3) is 0.160. The summed E-state index contributed by atoms with van der Waals surface area (Å²) < 4.78 is 5.09. The van der Waals surface area contributed by atoms with Gasteiger partial charge in [-0.2, -0.15) is 0 Å². The molecule has 0 spiro atoms. The van der Waals surface area contributed by atoms with Crippen LogP contribution in [0.15, 0.2) is 72.8 Å². The van der Waals surface area contributed by atoms with Crippen molar-refractivity contribution in [1.29, 1.82) is 0 Å². The summed E-state index contributed by atoms with van der Waals surface area (Å²) in [6.07, 6.45) is 0. The smallest absolute Gasteiger partial charge is 0.261 e. The van der Waals surface area contributed by atoms with E-state index in [0.717, 1.165) is 16.7 Å². The topological polar surface area (TPSA) is 75.7 Å². The third-order valence-electron chi connectivity index (χ3n) is 5.22. The Bertz CT molecular complexity index is 1090. The van der Waals surface area contributed by atoms with E-state index in [0.29, 0.717) is 29.8 Å². The highest BCUT2D eigenvalue weighted by Crippen LogP contribution is 2.24. The van der Waals surface area contributed by atoms with Gasteiger partial charge in [-0.3, -0.25) is 19.3 Å². The van der Waals surface area contributed by atoms with Gasteiger partial charge in [0.1, 0.15) is 0 Å². The number of fused-ring (bicyclic) bond motifs is 1. The van der Waals surface area contributed by atoms with E-state index in [9.17, 15) is 14.4 Å². The minimum atomic E-state index is -0.293. The second-order valence-electron chi connectivity index (χ2n) is 7.37. The normalized spacial score (nSPS) is 12.7. The Hall–Kier alpha value is -3.77. The van der Waals surface area contributed by atoms with E-state index in [1.54, 1.807) is 55.6 Å². The van der Waals surface area contributed by atoms with Crippen molar-refractivity contribution >= 4 is 17.7 Å². The SMILES string of the molecule is COCc1ccc(CNC(=O)c2ccc(CN3C(=O)c4ccccc4C3=O)cc2)cc1. The van der Waals surface area contributed by atoms with Crippen molar-refractivity contribution in [1.82, 2.24) is 10.2 Å². The minimum Gasteiger partial charge on any atom is -0.380 e. The molecule has 0 saturated carbocycles. The Morgan fingerprint density at radius 3 is 1.94 bits per heavy atom. The molecule has 3 aromatic rings. The number of rotatable bonds is 7. The molecule has 0 saturated heterocycles. The predicted octanol–water partition coefficient (Wildman–Crippen LogP) is 3.56. The predicted molar refractivity (Wildman–Crippen MR) is 115 cm³/mol. The quantitative estimate of drug-likeness (QED) is 0.600. The molecule has 0 radical (unpaired) electrons. The lowest BCUT2D eigenvalue weighted by molar-refractivity contribution is 0.0641. The maximum atomic E-state index is 12.5. The van der Waals surface area contributed by atoms with Crippen molar-refractivity contribution in [2.24, 2.45) is 0 Å². The van der Waals surface area contributed by atoms with Crippen LogP contribution in [0.1, 0.15) is 47.8 Å². The molecule has 3 aromatic carbocycles. The van der Waals surface area contributed by atoms with Crippen LogP contribution in [0.2, 0.25) is 0 Å². The number of methoxy groups -OCH3 is 1. The fourth-order valence-electron chi connectivity index (χ4n) is 3.53. The van der Waals surface area contributed by atoms with E-state index in [4.69, 9.17) is 4.74 Å². The van der Waals surface area contributed by atoms with Gasteiger partial charge in [0.05, 0.1) is 24.3 Å². The molecule has 3 amide bonds. The highest BCUT2D eigenvalue weighted by Gasteiger charge is 2.34. The summed E-state index contributed by atoms with van der Waals surface area (Å²) in [5.74, 6) is -0.772. The Morgan fingerprint density at radius 2 is 1.35 bits per heavy atom. The van der Waals surface area contributed by atoms with Crippen LogP contribution in [-0.4, -0.2) is 29.7 Å². The van der Waals surface area contributed by atoms with Crippen molar-refractivity contribution in [3.05, 3.63) is 106 Å². The van der Waals surface area contributed by atoms with Gasteiger partial charge in [0, 0.05) is 19.2 Å². The number of carbonyl (C=O) groups is 3. The summed E-state index contributed by atoms with van der Waals surface area (Å²) in [4.78, 5) is 38.7. The number of nitrogens with zero attached hydrogens (tertiary/aromatic N) is 1. The first-order valence-electron chi connectivity index (χ1n) is 9.96.